The number of ether oxygens (including phenoxy) is 1. The zero-order valence-electron chi connectivity index (χ0n) is 6.64. The van der Waals surface area contributed by atoms with Gasteiger partial charge in [-0.2, -0.15) is 8.78 Å². The van der Waals surface area contributed by atoms with Crippen molar-refractivity contribution >= 4 is 28.4 Å². The van der Waals surface area contributed by atoms with Crippen molar-refractivity contribution in [3.8, 4) is 5.75 Å². The van der Waals surface area contributed by atoms with Crippen LogP contribution in [0.4, 0.5) is 8.78 Å². The first-order valence-electron chi connectivity index (χ1n) is 3.45. The second-order valence-electron chi connectivity index (χ2n) is 2.29. The van der Waals surface area contributed by atoms with E-state index in [1.165, 1.54) is 6.07 Å². The number of halogens is 4. The fourth-order valence-corrected chi connectivity index (χ4v) is 1.17. The number of rotatable bonds is 3. The summed E-state index contributed by atoms with van der Waals surface area (Å²) >= 11 is 10.7. The third-order valence-corrected chi connectivity index (χ3v) is 1.81. The van der Waals surface area contributed by atoms with Gasteiger partial charge in [0.05, 0.1) is 5.56 Å². The van der Waals surface area contributed by atoms with E-state index in [9.17, 15) is 13.6 Å². The molecule has 1 aromatic carbocycles. The van der Waals surface area contributed by atoms with Gasteiger partial charge >= 0.3 is 6.61 Å². The number of benzene rings is 1. The Balaban J connectivity index is 3.08. The first-order chi connectivity index (χ1) is 6.50. The maximum absolute atomic E-state index is 11.9. The van der Waals surface area contributed by atoms with Crippen LogP contribution in [0, 0.1) is 0 Å². The Morgan fingerprint density at radius 3 is 2.57 bits per heavy atom. The van der Waals surface area contributed by atoms with Gasteiger partial charge in [-0.05, 0) is 29.8 Å². The number of hydrogen-bond donors (Lipinski definition) is 0. The molecule has 1 rings (SSSR count). The summed E-state index contributed by atoms with van der Waals surface area (Å²) in [5.74, 6) is -0.288. The summed E-state index contributed by atoms with van der Waals surface area (Å²) in [6.45, 7) is -3.01. The van der Waals surface area contributed by atoms with E-state index in [1.54, 1.807) is 0 Å². The lowest BCUT2D eigenvalue weighted by molar-refractivity contribution is -0.0500. The predicted octanol–water partition coefficient (Wildman–Crippen LogP) is 3.32. The Kier molecular flexibility index (Phi) is 3.66. The van der Waals surface area contributed by atoms with E-state index >= 15 is 0 Å². The third kappa shape index (κ3) is 2.82. The van der Waals surface area contributed by atoms with Crippen LogP contribution in [0.3, 0.4) is 0 Å². The summed E-state index contributed by atoms with van der Waals surface area (Å²) in [5, 5.41) is -0.682. The minimum atomic E-state index is -3.01. The molecule has 0 bridgehead atoms. The molecule has 0 aliphatic heterocycles. The Morgan fingerprint density at radius 2 is 2.07 bits per heavy atom. The van der Waals surface area contributed by atoms with E-state index in [0.717, 1.165) is 12.1 Å². The molecule has 6 heteroatoms. The zero-order valence-corrected chi connectivity index (χ0v) is 8.15. The molecule has 0 fully saturated rings. The summed E-state index contributed by atoms with van der Waals surface area (Å²) in [5.41, 5.74) is -0.181. The zero-order chi connectivity index (χ0) is 10.7. The first-order valence-corrected chi connectivity index (χ1v) is 4.20. The lowest BCUT2D eigenvalue weighted by atomic mass is 10.2. The van der Waals surface area contributed by atoms with Crippen molar-refractivity contribution in [1.29, 1.82) is 0 Å². The van der Waals surface area contributed by atoms with Gasteiger partial charge in [-0.25, -0.2) is 0 Å². The van der Waals surface area contributed by atoms with E-state index in [2.05, 4.69) is 4.74 Å². The van der Waals surface area contributed by atoms with Gasteiger partial charge in [0.25, 0.3) is 5.24 Å². The monoisotopic (exact) mass is 240 g/mol. The molecular formula is C8H4Cl2F2O2. The molecule has 0 unspecified atom stereocenters. The third-order valence-electron chi connectivity index (χ3n) is 1.37. The number of carbonyl (C=O) groups excluding carboxylic acids is 1. The predicted molar refractivity (Wildman–Crippen MR) is 48.3 cm³/mol. The fraction of sp³-hybridized carbons (Fsp3) is 0.125. The molecule has 0 radical (unpaired) electrons. The molecule has 0 aliphatic rings. The van der Waals surface area contributed by atoms with Crippen molar-refractivity contribution < 1.29 is 18.3 Å². The number of carbonyl (C=O) groups is 1. The molecule has 0 saturated heterocycles. The van der Waals surface area contributed by atoms with E-state index in [0.29, 0.717) is 0 Å². The highest BCUT2D eigenvalue weighted by atomic mass is 35.5. The average molecular weight is 241 g/mol. The molecule has 0 heterocycles. The molecule has 14 heavy (non-hydrogen) atoms. The molecule has 1 aromatic rings. The Morgan fingerprint density at radius 1 is 1.43 bits per heavy atom. The van der Waals surface area contributed by atoms with Gasteiger partial charge in [0, 0.05) is 5.02 Å². The number of alkyl halides is 2. The van der Waals surface area contributed by atoms with Crippen molar-refractivity contribution in [1.82, 2.24) is 0 Å². The van der Waals surface area contributed by atoms with Crippen molar-refractivity contribution in [2.75, 3.05) is 0 Å². The van der Waals surface area contributed by atoms with Crippen LogP contribution in [0.15, 0.2) is 18.2 Å². The normalized spacial score (nSPS) is 10.4. The molecule has 0 saturated carbocycles. The van der Waals surface area contributed by atoms with Crippen LogP contribution in [0.1, 0.15) is 10.4 Å². The van der Waals surface area contributed by atoms with Crippen LogP contribution in [-0.2, 0) is 0 Å². The highest BCUT2D eigenvalue weighted by Gasteiger charge is 2.14. The lowest BCUT2D eigenvalue weighted by Crippen LogP contribution is -2.05. The van der Waals surface area contributed by atoms with E-state index < -0.39 is 11.9 Å². The topological polar surface area (TPSA) is 26.3 Å². The van der Waals surface area contributed by atoms with Crippen LogP contribution >= 0.6 is 23.2 Å². The van der Waals surface area contributed by atoms with E-state index in [1.807, 2.05) is 0 Å². The standard InChI is InChI=1S/C8H4Cl2F2O2/c9-4-1-2-6(14-8(11)12)5(3-4)7(10)13/h1-3,8H. The Labute approximate surface area is 88.4 Å². The second kappa shape index (κ2) is 4.57. The molecule has 0 atom stereocenters. The lowest BCUT2D eigenvalue weighted by Gasteiger charge is -2.07. The molecule has 2 nitrogen and oxygen atoms in total. The van der Waals surface area contributed by atoms with Crippen molar-refractivity contribution in [3.05, 3.63) is 28.8 Å². The summed E-state index contributed by atoms with van der Waals surface area (Å²) in [4.78, 5) is 10.8. The summed E-state index contributed by atoms with van der Waals surface area (Å²) in [7, 11) is 0. The van der Waals surface area contributed by atoms with Gasteiger partial charge in [-0.3, -0.25) is 4.79 Å². The van der Waals surface area contributed by atoms with Crippen LogP contribution in [0.5, 0.6) is 5.75 Å². The molecule has 0 spiro atoms. The molecule has 0 aromatic heterocycles. The smallest absolute Gasteiger partial charge is 0.387 e. The fourth-order valence-electron chi connectivity index (χ4n) is 0.855. The highest BCUT2D eigenvalue weighted by Crippen LogP contribution is 2.25. The van der Waals surface area contributed by atoms with Crippen LogP contribution in [0.25, 0.3) is 0 Å². The first kappa shape index (κ1) is 11.2. The minimum Gasteiger partial charge on any atom is -0.434 e. The van der Waals surface area contributed by atoms with Crippen molar-refractivity contribution in [2.24, 2.45) is 0 Å². The van der Waals surface area contributed by atoms with Gasteiger partial charge < -0.3 is 4.74 Å². The van der Waals surface area contributed by atoms with E-state index in [-0.39, 0.29) is 16.3 Å². The van der Waals surface area contributed by atoms with E-state index in [4.69, 9.17) is 23.2 Å². The van der Waals surface area contributed by atoms with Gasteiger partial charge in [0.15, 0.2) is 0 Å². The molecule has 0 aliphatic carbocycles. The van der Waals surface area contributed by atoms with Crippen LogP contribution in [-0.4, -0.2) is 11.9 Å². The Bertz CT molecular complexity index is 355. The van der Waals surface area contributed by atoms with Crippen molar-refractivity contribution in [2.45, 2.75) is 6.61 Å². The Hall–Kier alpha value is -0.870. The highest BCUT2D eigenvalue weighted by molar-refractivity contribution is 6.68. The largest absolute Gasteiger partial charge is 0.434 e. The van der Waals surface area contributed by atoms with Gasteiger partial charge in [-0.15, -0.1) is 0 Å². The molecular weight excluding hydrogens is 237 g/mol. The summed E-state index contributed by atoms with van der Waals surface area (Å²) in [6, 6.07) is 3.64. The van der Waals surface area contributed by atoms with Crippen LogP contribution < -0.4 is 4.74 Å². The van der Waals surface area contributed by atoms with Gasteiger partial charge in [0.2, 0.25) is 0 Å². The quantitative estimate of drug-likeness (QED) is 0.758. The minimum absolute atomic E-state index is 0.181. The summed E-state index contributed by atoms with van der Waals surface area (Å²) < 4.78 is 27.8. The van der Waals surface area contributed by atoms with Gasteiger partial charge in [0.1, 0.15) is 5.75 Å². The second-order valence-corrected chi connectivity index (χ2v) is 3.07. The SMILES string of the molecule is O=C(Cl)c1cc(Cl)ccc1OC(F)F. The maximum atomic E-state index is 11.9. The molecule has 76 valence electrons. The van der Waals surface area contributed by atoms with Crippen LogP contribution in [0.2, 0.25) is 5.02 Å². The number of hydrogen-bond acceptors (Lipinski definition) is 2. The summed E-state index contributed by atoms with van der Waals surface area (Å²) in [6.07, 6.45) is 0. The van der Waals surface area contributed by atoms with Crippen molar-refractivity contribution in [3.63, 3.8) is 0 Å². The molecule has 0 N–H and O–H groups in total. The maximum Gasteiger partial charge on any atom is 0.387 e. The average Bonchev–Trinajstić information content (AvgIpc) is 2.07. The van der Waals surface area contributed by atoms with Gasteiger partial charge in [-0.1, -0.05) is 11.6 Å². The molecule has 0 amide bonds.